The Morgan fingerprint density at radius 3 is 0.951 bits per heavy atom. The molecule has 0 aromatic heterocycles. The van der Waals surface area contributed by atoms with E-state index in [9.17, 15) is 0 Å². The van der Waals surface area contributed by atoms with Crippen molar-refractivity contribution < 1.29 is 0 Å². The Kier molecular flexibility index (Phi) is 82.6. The molecule has 0 radical (unpaired) electrons. The van der Waals surface area contributed by atoms with Gasteiger partial charge in [-0.25, -0.2) is 0 Å². The number of hydrogen-bond acceptors (Lipinski definition) is 2. The van der Waals surface area contributed by atoms with Crippen LogP contribution in [0.25, 0.3) is 0 Å². The van der Waals surface area contributed by atoms with E-state index in [1.54, 1.807) is 0 Å². The van der Waals surface area contributed by atoms with E-state index >= 15 is 0 Å². The first-order valence-corrected chi connectivity index (χ1v) is 38.9. The molecule has 0 bridgehead atoms. The van der Waals surface area contributed by atoms with Gasteiger partial charge in [0.2, 0.25) is 0 Å². The highest BCUT2D eigenvalue weighted by atomic mass is 31.1. The highest BCUT2D eigenvalue weighted by Gasteiger charge is 2.36. The van der Waals surface area contributed by atoms with Crippen LogP contribution in [-0.4, -0.2) is 17.7 Å². The molecule has 9 unspecified atom stereocenters. The average molecular weight is 1180 g/mol. The maximum atomic E-state index is 6.37. The van der Waals surface area contributed by atoms with Crippen molar-refractivity contribution in [1.29, 1.82) is 0 Å². The van der Waals surface area contributed by atoms with Crippen LogP contribution in [0.4, 0.5) is 0 Å². The maximum Gasteiger partial charge on any atom is 0.0286 e. The van der Waals surface area contributed by atoms with Gasteiger partial charge in [-0.2, -0.15) is 0 Å². The molecule has 3 N–H and O–H groups in total. The molecule has 3 heteroatoms. The van der Waals surface area contributed by atoms with Crippen molar-refractivity contribution >= 4 is 8.58 Å². The summed E-state index contributed by atoms with van der Waals surface area (Å²) in [6, 6.07) is 1.05. The standard InChI is InChI=1S/C31H61N2P.3C14H30.C5H12.CH4/c1-7-9-10-11-12-13-14-18-21-28(32)22-19-16-15-17-20-26(5)34-31(8-2)29-23-24-30(27(29)6)33-25(3)4;3*1-4-6-7-8-9-10-11-12-13-14(3)5-2;1-3-5-4-2;/h27-31,33-34H,3,5,7-24,32H2,1-2,4,6H3;3*14H,4-13H2,1-3H3;3-5H2,1-2H3;1H4. The zero-order chi connectivity index (χ0) is 61.3. The summed E-state index contributed by atoms with van der Waals surface area (Å²) in [7, 11) is 0.945. The Hall–Kier alpha value is -0.330. The van der Waals surface area contributed by atoms with Gasteiger partial charge in [0.05, 0.1) is 0 Å². The molecule has 0 aliphatic heterocycles. The van der Waals surface area contributed by atoms with Crippen LogP contribution in [0.1, 0.15) is 439 Å². The Labute approximate surface area is 527 Å². The monoisotopic (exact) mass is 1180 g/mol. The van der Waals surface area contributed by atoms with Crippen molar-refractivity contribution in [1.82, 2.24) is 5.32 Å². The second-order valence-corrected chi connectivity index (χ2v) is 28.8. The van der Waals surface area contributed by atoms with Crippen molar-refractivity contribution in [2.75, 3.05) is 0 Å². The predicted octanol–water partition coefficient (Wildman–Crippen LogP) is 29.2. The van der Waals surface area contributed by atoms with Gasteiger partial charge in [-0.05, 0) is 87.1 Å². The molecule has 1 aliphatic rings. The summed E-state index contributed by atoms with van der Waals surface area (Å²) >= 11 is 0. The third-order valence-corrected chi connectivity index (χ3v) is 20.4. The molecular weight excluding hydrogens is 1010 g/mol. The molecule has 82 heavy (non-hydrogen) atoms. The molecule has 498 valence electrons. The summed E-state index contributed by atoms with van der Waals surface area (Å²) < 4.78 is 0. The summed E-state index contributed by atoms with van der Waals surface area (Å²) in [6.45, 7) is 43.1. The maximum absolute atomic E-state index is 6.37. The fraction of sp³-hybridized carbons (Fsp3) is 0.949. The lowest BCUT2D eigenvalue weighted by Crippen LogP contribution is -2.33. The summed E-state index contributed by atoms with van der Waals surface area (Å²) in [5.41, 5.74) is 8.32. The first kappa shape index (κ1) is 90.4. The molecule has 0 saturated heterocycles. The minimum atomic E-state index is 0. The summed E-state index contributed by atoms with van der Waals surface area (Å²) in [5.74, 6) is 4.46. The first-order valence-electron chi connectivity index (χ1n) is 37.8. The van der Waals surface area contributed by atoms with E-state index in [0.717, 1.165) is 49.5 Å². The third kappa shape index (κ3) is 70.4. The number of rotatable bonds is 54. The minimum Gasteiger partial charge on any atom is -0.386 e. The molecule has 1 fully saturated rings. The van der Waals surface area contributed by atoms with Gasteiger partial charge in [-0.3, -0.25) is 0 Å². The summed E-state index contributed by atoms with van der Waals surface area (Å²) in [6.07, 6.45) is 71.4. The largest absolute Gasteiger partial charge is 0.386 e. The van der Waals surface area contributed by atoms with Crippen LogP contribution >= 0.6 is 8.58 Å². The van der Waals surface area contributed by atoms with E-state index in [1.807, 2.05) is 0 Å². The van der Waals surface area contributed by atoms with E-state index in [0.29, 0.717) is 12.1 Å². The van der Waals surface area contributed by atoms with Crippen molar-refractivity contribution in [2.45, 2.75) is 456 Å². The highest BCUT2D eigenvalue weighted by Crippen LogP contribution is 2.46. The molecule has 1 aliphatic carbocycles. The molecule has 1 rings (SSSR count). The van der Waals surface area contributed by atoms with Crippen LogP contribution < -0.4 is 11.1 Å². The Balaban J connectivity index is -0.000000342. The van der Waals surface area contributed by atoms with Gasteiger partial charge < -0.3 is 11.1 Å². The van der Waals surface area contributed by atoms with E-state index in [4.69, 9.17) is 5.73 Å². The smallest absolute Gasteiger partial charge is 0.0286 e. The van der Waals surface area contributed by atoms with Crippen LogP contribution in [0.3, 0.4) is 0 Å². The first-order chi connectivity index (χ1) is 39.2. The van der Waals surface area contributed by atoms with Gasteiger partial charge in [0.15, 0.2) is 0 Å². The Morgan fingerprint density at radius 1 is 0.402 bits per heavy atom. The number of hydrogen-bond donors (Lipinski definition) is 2. The van der Waals surface area contributed by atoms with Crippen molar-refractivity contribution in [3.05, 3.63) is 24.2 Å². The average Bonchev–Trinajstić information content (AvgIpc) is 3.96. The van der Waals surface area contributed by atoms with Crippen LogP contribution in [0.5, 0.6) is 0 Å². The quantitative estimate of drug-likeness (QED) is 0.0471. The molecule has 0 amide bonds. The van der Waals surface area contributed by atoms with E-state index in [1.165, 1.54) is 333 Å². The molecule has 0 aromatic carbocycles. The van der Waals surface area contributed by atoms with Crippen LogP contribution in [-0.2, 0) is 0 Å². The molecule has 0 spiro atoms. The number of allylic oxidation sites excluding steroid dienone is 2. The van der Waals surface area contributed by atoms with Crippen LogP contribution in [0.2, 0.25) is 0 Å². The summed E-state index contributed by atoms with van der Waals surface area (Å²) in [4.78, 5) is 0. The third-order valence-electron chi connectivity index (χ3n) is 18.6. The lowest BCUT2D eigenvalue weighted by atomic mass is 9.91. The lowest BCUT2D eigenvalue weighted by molar-refractivity contribution is 0.353. The number of nitrogens with one attached hydrogen (secondary N) is 1. The van der Waals surface area contributed by atoms with Gasteiger partial charge in [-0.15, -0.1) is 0 Å². The van der Waals surface area contributed by atoms with Crippen molar-refractivity contribution in [2.24, 2.45) is 35.3 Å². The van der Waals surface area contributed by atoms with E-state index in [-0.39, 0.29) is 7.43 Å². The summed E-state index contributed by atoms with van der Waals surface area (Å²) in [5, 5.41) is 5.13. The molecule has 2 nitrogen and oxygen atoms in total. The molecule has 1 saturated carbocycles. The predicted molar refractivity (Wildman–Crippen MR) is 390 cm³/mol. The van der Waals surface area contributed by atoms with Gasteiger partial charge in [0, 0.05) is 17.8 Å². The number of unbranched alkanes of at least 4 members (excludes halogenated alkanes) is 33. The van der Waals surface area contributed by atoms with Gasteiger partial charge in [-0.1, -0.05) is 414 Å². The fourth-order valence-electron chi connectivity index (χ4n) is 11.8. The number of nitrogens with two attached hydrogens (primary N) is 1. The Bertz CT molecular complexity index is 1100. The van der Waals surface area contributed by atoms with E-state index in [2.05, 4.69) is 122 Å². The zero-order valence-electron chi connectivity index (χ0n) is 59.7. The molecule has 9 atom stereocenters. The second-order valence-electron chi connectivity index (χ2n) is 27.1. The minimum absolute atomic E-state index is 0. The zero-order valence-corrected chi connectivity index (χ0v) is 60.7. The normalized spacial score (nSPS) is 16.5. The van der Waals surface area contributed by atoms with Gasteiger partial charge in [0.25, 0.3) is 0 Å². The van der Waals surface area contributed by atoms with Crippen molar-refractivity contribution in [3.8, 4) is 0 Å². The van der Waals surface area contributed by atoms with Crippen LogP contribution in [0, 0.1) is 29.6 Å². The van der Waals surface area contributed by atoms with Crippen molar-refractivity contribution in [3.63, 3.8) is 0 Å². The Morgan fingerprint density at radius 2 is 0.683 bits per heavy atom. The lowest BCUT2D eigenvalue weighted by Gasteiger charge is -2.29. The highest BCUT2D eigenvalue weighted by molar-refractivity contribution is 7.43. The SMILES string of the molecule is C.C=C(C)NC1CCC(C(CC)PC(=C)CCCCCCC(N)CCCCCCCCCC)C1C.CCCCC.CCCCCCCCCCC(C)CC.CCCCCCCCCCC(C)CC.CCCCCCCCCCC(C)CC. The van der Waals surface area contributed by atoms with E-state index < -0.39 is 0 Å². The van der Waals surface area contributed by atoms with Gasteiger partial charge in [0.1, 0.15) is 0 Å². The molecule has 0 heterocycles. The fourth-order valence-corrected chi connectivity index (χ4v) is 13.5. The topological polar surface area (TPSA) is 38.0 Å². The molecular formula is C79H167N2P. The van der Waals surface area contributed by atoms with Crippen LogP contribution in [0.15, 0.2) is 24.2 Å². The second kappa shape index (κ2) is 74.9. The molecule has 0 aromatic rings. The van der Waals surface area contributed by atoms with Gasteiger partial charge >= 0.3 is 0 Å².